The lowest BCUT2D eigenvalue weighted by Crippen LogP contribution is -2.13. The molecule has 0 aliphatic rings. The summed E-state index contributed by atoms with van der Waals surface area (Å²) in [5.74, 6) is 0.00710. The van der Waals surface area contributed by atoms with Gasteiger partial charge in [0, 0.05) is 12.0 Å². The van der Waals surface area contributed by atoms with E-state index in [0.717, 1.165) is 6.42 Å². The van der Waals surface area contributed by atoms with Crippen molar-refractivity contribution in [2.24, 2.45) is 5.73 Å². The van der Waals surface area contributed by atoms with Crippen LogP contribution in [0.5, 0.6) is 5.75 Å². The second kappa shape index (κ2) is 6.74. The first-order valence-electron chi connectivity index (χ1n) is 7.22. The number of hydrogen-bond acceptors (Lipinski definition) is 4. The van der Waals surface area contributed by atoms with Crippen LogP contribution in [0.2, 0.25) is 0 Å². The molecule has 1 amide bonds. The number of carbonyl (C=O) groups excluding carboxylic acids is 1. The molecule has 2 aromatic carbocycles. The minimum Gasteiger partial charge on any atom is -0.493 e. The topological polar surface area (TPSA) is 93.9 Å². The zero-order chi connectivity index (χ0) is 16.1. The highest BCUT2D eigenvalue weighted by molar-refractivity contribution is 5.97. The second-order valence-corrected chi connectivity index (χ2v) is 4.97. The molecule has 3 rings (SSSR count). The van der Waals surface area contributed by atoms with Gasteiger partial charge in [0.1, 0.15) is 11.4 Å². The molecule has 0 saturated heterocycles. The predicted octanol–water partition coefficient (Wildman–Crippen LogP) is 2.19. The van der Waals surface area contributed by atoms with E-state index in [1.165, 1.54) is 5.56 Å². The Morgan fingerprint density at radius 3 is 2.57 bits per heavy atom. The molecule has 0 aliphatic carbocycles. The molecule has 3 aromatic rings. The van der Waals surface area contributed by atoms with Crippen LogP contribution in [0.15, 0.2) is 54.6 Å². The molecule has 0 radical (unpaired) electrons. The van der Waals surface area contributed by atoms with Crippen LogP contribution < -0.4 is 10.5 Å². The average Bonchev–Trinajstić information content (AvgIpc) is 3.06. The number of aromatic nitrogens is 3. The van der Waals surface area contributed by atoms with Gasteiger partial charge in [0.2, 0.25) is 0 Å². The molecule has 1 aromatic heterocycles. The zero-order valence-corrected chi connectivity index (χ0v) is 12.4. The van der Waals surface area contributed by atoms with Crippen molar-refractivity contribution >= 4 is 5.91 Å². The van der Waals surface area contributed by atoms with Crippen LogP contribution in [0.3, 0.4) is 0 Å². The van der Waals surface area contributed by atoms with Crippen LogP contribution in [-0.2, 0) is 6.42 Å². The number of primary amides is 1. The number of rotatable bonds is 6. The first-order chi connectivity index (χ1) is 11.3. The SMILES string of the molecule is NC(=O)c1n[nH]nc1-c1ccccc1OCCc1ccccc1. The fourth-order valence-electron chi connectivity index (χ4n) is 2.30. The van der Waals surface area contributed by atoms with Gasteiger partial charge in [-0.3, -0.25) is 4.79 Å². The van der Waals surface area contributed by atoms with E-state index in [2.05, 4.69) is 27.5 Å². The van der Waals surface area contributed by atoms with Crippen molar-refractivity contribution in [3.05, 3.63) is 65.9 Å². The van der Waals surface area contributed by atoms with Crippen LogP contribution in [0.4, 0.5) is 0 Å². The monoisotopic (exact) mass is 308 g/mol. The van der Waals surface area contributed by atoms with E-state index in [0.29, 0.717) is 23.6 Å². The number of ether oxygens (including phenoxy) is 1. The summed E-state index contributed by atoms with van der Waals surface area (Å²) in [4.78, 5) is 11.4. The number of nitrogens with two attached hydrogens (primary N) is 1. The number of H-pyrrole nitrogens is 1. The van der Waals surface area contributed by atoms with Crippen LogP contribution in [0.1, 0.15) is 16.1 Å². The first-order valence-corrected chi connectivity index (χ1v) is 7.22. The molecule has 0 unspecified atom stereocenters. The van der Waals surface area contributed by atoms with Crippen LogP contribution in [-0.4, -0.2) is 27.9 Å². The summed E-state index contributed by atoms with van der Waals surface area (Å²) in [5, 5.41) is 10.2. The summed E-state index contributed by atoms with van der Waals surface area (Å²) in [6.07, 6.45) is 0.788. The van der Waals surface area contributed by atoms with Gasteiger partial charge in [0.05, 0.1) is 6.61 Å². The number of carbonyl (C=O) groups is 1. The van der Waals surface area contributed by atoms with Gasteiger partial charge in [-0.15, -0.1) is 0 Å². The lowest BCUT2D eigenvalue weighted by Gasteiger charge is -2.10. The third-order valence-electron chi connectivity index (χ3n) is 3.41. The minimum absolute atomic E-state index is 0.101. The van der Waals surface area contributed by atoms with Crippen molar-refractivity contribution in [1.29, 1.82) is 0 Å². The number of nitrogens with one attached hydrogen (secondary N) is 1. The molecule has 0 bridgehead atoms. The maximum Gasteiger partial charge on any atom is 0.271 e. The van der Waals surface area contributed by atoms with E-state index in [-0.39, 0.29) is 5.69 Å². The minimum atomic E-state index is -0.632. The van der Waals surface area contributed by atoms with Gasteiger partial charge >= 0.3 is 0 Å². The van der Waals surface area contributed by atoms with Crippen LogP contribution in [0.25, 0.3) is 11.3 Å². The fourth-order valence-corrected chi connectivity index (χ4v) is 2.30. The third-order valence-corrected chi connectivity index (χ3v) is 3.41. The smallest absolute Gasteiger partial charge is 0.271 e. The third kappa shape index (κ3) is 3.37. The van der Waals surface area contributed by atoms with E-state index in [9.17, 15) is 4.79 Å². The van der Waals surface area contributed by atoms with Gasteiger partial charge in [-0.1, -0.05) is 42.5 Å². The molecule has 0 spiro atoms. The van der Waals surface area contributed by atoms with Crippen molar-refractivity contribution in [1.82, 2.24) is 15.4 Å². The van der Waals surface area contributed by atoms with Crippen molar-refractivity contribution in [3.8, 4) is 17.0 Å². The highest BCUT2D eigenvalue weighted by atomic mass is 16.5. The molecule has 0 saturated carbocycles. The van der Waals surface area contributed by atoms with E-state index < -0.39 is 5.91 Å². The van der Waals surface area contributed by atoms with Gasteiger partial charge in [-0.25, -0.2) is 0 Å². The summed E-state index contributed by atoms with van der Waals surface area (Å²) >= 11 is 0. The van der Waals surface area contributed by atoms with Crippen LogP contribution in [0, 0.1) is 0 Å². The zero-order valence-electron chi connectivity index (χ0n) is 12.4. The molecule has 23 heavy (non-hydrogen) atoms. The average molecular weight is 308 g/mol. The number of amides is 1. The highest BCUT2D eigenvalue weighted by Gasteiger charge is 2.18. The highest BCUT2D eigenvalue weighted by Crippen LogP contribution is 2.29. The second-order valence-electron chi connectivity index (χ2n) is 4.97. The Kier molecular flexibility index (Phi) is 4.33. The van der Waals surface area contributed by atoms with Crippen molar-refractivity contribution in [3.63, 3.8) is 0 Å². The van der Waals surface area contributed by atoms with E-state index >= 15 is 0 Å². The number of benzene rings is 2. The molecular formula is C17H16N4O2. The Morgan fingerprint density at radius 1 is 1.04 bits per heavy atom. The predicted molar refractivity (Wildman–Crippen MR) is 86.0 cm³/mol. The summed E-state index contributed by atoms with van der Waals surface area (Å²) in [6, 6.07) is 17.5. The van der Waals surface area contributed by atoms with E-state index in [1.807, 2.05) is 42.5 Å². The maximum atomic E-state index is 11.4. The van der Waals surface area contributed by atoms with Crippen LogP contribution >= 0.6 is 0 Å². The van der Waals surface area contributed by atoms with Gasteiger partial charge in [0.25, 0.3) is 5.91 Å². The van der Waals surface area contributed by atoms with Gasteiger partial charge in [-0.05, 0) is 17.7 Å². The van der Waals surface area contributed by atoms with Crippen molar-refractivity contribution < 1.29 is 9.53 Å². The fraction of sp³-hybridized carbons (Fsp3) is 0.118. The van der Waals surface area contributed by atoms with Gasteiger partial charge in [-0.2, -0.15) is 15.4 Å². The number of nitrogens with zero attached hydrogens (tertiary/aromatic N) is 2. The number of aromatic amines is 1. The van der Waals surface area contributed by atoms with E-state index in [1.54, 1.807) is 0 Å². The quantitative estimate of drug-likeness (QED) is 0.730. The largest absolute Gasteiger partial charge is 0.493 e. The molecule has 0 aliphatic heterocycles. The normalized spacial score (nSPS) is 10.4. The molecule has 0 fully saturated rings. The molecule has 6 heteroatoms. The molecule has 1 heterocycles. The Morgan fingerprint density at radius 2 is 1.78 bits per heavy atom. The Balaban J connectivity index is 1.78. The lowest BCUT2D eigenvalue weighted by atomic mass is 10.1. The number of hydrogen-bond donors (Lipinski definition) is 2. The molecule has 0 atom stereocenters. The summed E-state index contributed by atoms with van der Waals surface area (Å²) in [7, 11) is 0. The molecule has 116 valence electrons. The molecule has 6 nitrogen and oxygen atoms in total. The number of para-hydroxylation sites is 1. The van der Waals surface area contributed by atoms with Gasteiger partial charge < -0.3 is 10.5 Å². The van der Waals surface area contributed by atoms with Crippen molar-refractivity contribution in [2.75, 3.05) is 6.61 Å². The van der Waals surface area contributed by atoms with E-state index in [4.69, 9.17) is 10.5 Å². The molecule has 3 N–H and O–H groups in total. The first kappa shape index (κ1) is 14.8. The summed E-state index contributed by atoms with van der Waals surface area (Å²) in [6.45, 7) is 0.519. The Bertz CT molecular complexity index is 799. The Hall–Kier alpha value is -3.15. The summed E-state index contributed by atoms with van der Waals surface area (Å²) in [5.41, 5.74) is 7.70. The molecular weight excluding hydrogens is 292 g/mol. The Labute approximate surface area is 133 Å². The standard InChI is InChI=1S/C17H16N4O2/c18-17(22)16-15(19-21-20-16)13-8-4-5-9-14(13)23-11-10-12-6-2-1-3-7-12/h1-9H,10-11H2,(H2,18,22)(H,19,20,21). The summed E-state index contributed by atoms with van der Waals surface area (Å²) < 4.78 is 5.87. The lowest BCUT2D eigenvalue weighted by molar-refractivity contribution is 0.0996. The van der Waals surface area contributed by atoms with Gasteiger partial charge in [0.15, 0.2) is 5.69 Å². The van der Waals surface area contributed by atoms with Crippen molar-refractivity contribution in [2.45, 2.75) is 6.42 Å². The maximum absolute atomic E-state index is 11.4.